The number of fused-ring (bicyclic) bond motifs is 3. The van der Waals surface area contributed by atoms with Crippen LogP contribution in [0.5, 0.6) is 5.75 Å². The van der Waals surface area contributed by atoms with E-state index in [0.29, 0.717) is 36.0 Å². The Morgan fingerprint density at radius 3 is 2.69 bits per heavy atom. The van der Waals surface area contributed by atoms with Gasteiger partial charge in [-0.15, -0.1) is 13.2 Å². The van der Waals surface area contributed by atoms with Gasteiger partial charge < -0.3 is 24.8 Å². The maximum Gasteiger partial charge on any atom is 0.573 e. The summed E-state index contributed by atoms with van der Waals surface area (Å²) in [6.45, 7) is 2.54. The first-order chi connectivity index (χ1) is 16.6. The average molecular weight is 492 g/mol. The number of anilines is 1. The number of carbonyl (C=O) groups excluding carboxylic acids is 1. The SMILES string of the molecule is C[C@H]1COC[C@@H](c2ccc(OC(F)(F)F)cc2F)N1C(=O)c1cc2c3c(c(N)nc2cn1)COC3. The first-order valence-electron chi connectivity index (χ1n) is 10.7. The Hall–Kier alpha value is -3.51. The van der Waals surface area contributed by atoms with E-state index in [-0.39, 0.29) is 24.5 Å². The van der Waals surface area contributed by atoms with Crippen molar-refractivity contribution in [1.29, 1.82) is 0 Å². The molecule has 4 heterocycles. The number of nitrogens with two attached hydrogens (primary N) is 1. The van der Waals surface area contributed by atoms with Crippen molar-refractivity contribution in [2.75, 3.05) is 18.9 Å². The largest absolute Gasteiger partial charge is 0.573 e. The number of pyridine rings is 2. The summed E-state index contributed by atoms with van der Waals surface area (Å²) in [6, 6.07) is 3.06. The molecule has 1 fully saturated rings. The molecule has 1 aromatic carbocycles. The first kappa shape index (κ1) is 23.2. The number of alkyl halides is 3. The van der Waals surface area contributed by atoms with Crippen LogP contribution >= 0.6 is 0 Å². The summed E-state index contributed by atoms with van der Waals surface area (Å²) in [5, 5.41) is 0.683. The minimum absolute atomic E-state index is 0.00365. The van der Waals surface area contributed by atoms with Crippen molar-refractivity contribution in [2.24, 2.45) is 0 Å². The number of nitrogens with zero attached hydrogens (tertiary/aromatic N) is 3. The van der Waals surface area contributed by atoms with Crippen LogP contribution in [0, 0.1) is 5.82 Å². The molecular formula is C23H20F4N4O4. The second kappa shape index (κ2) is 8.61. The van der Waals surface area contributed by atoms with Crippen molar-refractivity contribution in [3.05, 3.63) is 58.7 Å². The van der Waals surface area contributed by atoms with Crippen molar-refractivity contribution in [3.8, 4) is 5.75 Å². The standard InChI is InChI=1S/C23H20F4N4O4/c1-11-7-33-10-20(13-3-2-12(4-17(13)24)35-23(25,26)27)31(11)22(32)18-5-14-15-8-34-9-16(15)21(28)30-19(14)6-29-18/h2-6,11,20H,7-10H2,1H3,(H2,28,30)/t11-,20-/m0/s1. The van der Waals surface area contributed by atoms with E-state index in [1.54, 1.807) is 13.0 Å². The van der Waals surface area contributed by atoms with Crippen molar-refractivity contribution < 1.29 is 36.6 Å². The summed E-state index contributed by atoms with van der Waals surface area (Å²) in [7, 11) is 0. The fraction of sp³-hybridized carbons (Fsp3) is 0.348. The molecule has 0 radical (unpaired) electrons. The number of amides is 1. The molecule has 2 atom stereocenters. The maximum absolute atomic E-state index is 14.9. The lowest BCUT2D eigenvalue weighted by atomic mass is 10.00. The molecule has 0 spiro atoms. The lowest BCUT2D eigenvalue weighted by Crippen LogP contribution is -2.49. The van der Waals surface area contributed by atoms with Gasteiger partial charge in [0.2, 0.25) is 0 Å². The van der Waals surface area contributed by atoms with E-state index in [1.807, 2.05) is 0 Å². The minimum Gasteiger partial charge on any atom is -0.406 e. The molecule has 184 valence electrons. The number of rotatable bonds is 3. The number of carbonyl (C=O) groups is 1. The Morgan fingerprint density at radius 1 is 1.17 bits per heavy atom. The van der Waals surface area contributed by atoms with Gasteiger partial charge in [-0.3, -0.25) is 4.79 Å². The van der Waals surface area contributed by atoms with Crippen LogP contribution in [0.25, 0.3) is 10.9 Å². The van der Waals surface area contributed by atoms with Crippen molar-refractivity contribution >= 4 is 22.6 Å². The Balaban J connectivity index is 1.50. The first-order valence-corrected chi connectivity index (χ1v) is 10.7. The fourth-order valence-corrected chi connectivity index (χ4v) is 4.50. The highest BCUT2D eigenvalue weighted by atomic mass is 19.4. The highest BCUT2D eigenvalue weighted by Crippen LogP contribution is 2.35. The third-order valence-electron chi connectivity index (χ3n) is 6.08. The number of ether oxygens (including phenoxy) is 3. The Labute approximate surface area is 196 Å². The number of hydrogen-bond donors (Lipinski definition) is 1. The molecule has 3 aromatic rings. The summed E-state index contributed by atoms with van der Waals surface area (Å²) in [5.41, 5.74) is 8.22. The summed E-state index contributed by atoms with van der Waals surface area (Å²) < 4.78 is 67.2. The molecule has 0 unspecified atom stereocenters. The molecule has 0 aliphatic carbocycles. The number of aromatic nitrogens is 2. The number of hydrogen-bond acceptors (Lipinski definition) is 7. The average Bonchev–Trinajstić information content (AvgIpc) is 3.29. The van der Waals surface area contributed by atoms with Crippen LogP contribution < -0.4 is 10.5 Å². The Kier molecular flexibility index (Phi) is 5.72. The molecule has 8 nitrogen and oxygen atoms in total. The second-order valence-corrected chi connectivity index (χ2v) is 8.38. The predicted molar refractivity (Wildman–Crippen MR) is 115 cm³/mol. The normalized spacial score (nSPS) is 20.2. The van der Waals surface area contributed by atoms with E-state index < -0.39 is 35.9 Å². The number of nitrogen functional groups attached to an aromatic ring is 1. The van der Waals surface area contributed by atoms with Crippen LogP contribution in [0.15, 0.2) is 30.5 Å². The van der Waals surface area contributed by atoms with Gasteiger partial charge in [-0.2, -0.15) is 0 Å². The zero-order chi connectivity index (χ0) is 24.9. The summed E-state index contributed by atoms with van der Waals surface area (Å²) in [4.78, 5) is 23.6. The van der Waals surface area contributed by atoms with Crippen molar-refractivity contribution in [2.45, 2.75) is 38.6 Å². The van der Waals surface area contributed by atoms with Gasteiger partial charge in [-0.05, 0) is 24.6 Å². The number of halogens is 4. The molecule has 1 amide bonds. The van der Waals surface area contributed by atoms with Crippen LogP contribution in [-0.4, -0.2) is 46.4 Å². The summed E-state index contributed by atoms with van der Waals surface area (Å²) in [6.07, 6.45) is -3.51. The second-order valence-electron chi connectivity index (χ2n) is 8.38. The van der Waals surface area contributed by atoms with E-state index in [1.165, 1.54) is 11.1 Å². The van der Waals surface area contributed by atoms with Gasteiger partial charge in [0, 0.05) is 22.6 Å². The molecule has 2 aliphatic rings. The summed E-state index contributed by atoms with van der Waals surface area (Å²) in [5.74, 6) is -1.78. The van der Waals surface area contributed by atoms with E-state index in [4.69, 9.17) is 15.2 Å². The van der Waals surface area contributed by atoms with Gasteiger partial charge in [0.25, 0.3) is 5.91 Å². The third-order valence-corrected chi connectivity index (χ3v) is 6.08. The van der Waals surface area contributed by atoms with Crippen LogP contribution in [0.4, 0.5) is 23.4 Å². The van der Waals surface area contributed by atoms with E-state index in [0.717, 1.165) is 23.3 Å². The van der Waals surface area contributed by atoms with Crippen LogP contribution in [0.1, 0.15) is 40.1 Å². The molecule has 35 heavy (non-hydrogen) atoms. The van der Waals surface area contributed by atoms with Gasteiger partial charge in [0.05, 0.1) is 50.2 Å². The fourth-order valence-electron chi connectivity index (χ4n) is 4.50. The Morgan fingerprint density at radius 2 is 1.94 bits per heavy atom. The molecule has 12 heteroatoms. The number of benzene rings is 1. The summed E-state index contributed by atoms with van der Waals surface area (Å²) >= 11 is 0. The topological polar surface area (TPSA) is 99.8 Å². The van der Waals surface area contributed by atoms with Gasteiger partial charge in [0.15, 0.2) is 0 Å². The zero-order valence-corrected chi connectivity index (χ0v) is 18.4. The van der Waals surface area contributed by atoms with Crippen LogP contribution in [-0.2, 0) is 22.7 Å². The highest BCUT2D eigenvalue weighted by molar-refractivity contribution is 5.97. The highest BCUT2D eigenvalue weighted by Gasteiger charge is 2.37. The van der Waals surface area contributed by atoms with Crippen molar-refractivity contribution in [3.63, 3.8) is 0 Å². The zero-order valence-electron chi connectivity index (χ0n) is 18.4. The van der Waals surface area contributed by atoms with Crippen LogP contribution in [0.3, 0.4) is 0 Å². The van der Waals surface area contributed by atoms with E-state index in [9.17, 15) is 22.4 Å². The lowest BCUT2D eigenvalue weighted by Gasteiger charge is -2.40. The molecular weight excluding hydrogens is 472 g/mol. The maximum atomic E-state index is 14.9. The molecule has 2 N–H and O–H groups in total. The molecule has 5 rings (SSSR count). The third kappa shape index (κ3) is 4.34. The van der Waals surface area contributed by atoms with Crippen LogP contribution in [0.2, 0.25) is 0 Å². The van der Waals surface area contributed by atoms with Gasteiger partial charge in [0.1, 0.15) is 23.1 Å². The predicted octanol–water partition coefficient (Wildman–Crippen LogP) is 3.88. The van der Waals surface area contributed by atoms with Crippen molar-refractivity contribution in [1.82, 2.24) is 14.9 Å². The van der Waals surface area contributed by atoms with Gasteiger partial charge in [-0.25, -0.2) is 14.4 Å². The van der Waals surface area contributed by atoms with E-state index in [2.05, 4.69) is 14.7 Å². The quantitative estimate of drug-likeness (QED) is 0.554. The number of morpholine rings is 1. The lowest BCUT2D eigenvalue weighted by molar-refractivity contribution is -0.274. The van der Waals surface area contributed by atoms with E-state index >= 15 is 0 Å². The van der Waals surface area contributed by atoms with Gasteiger partial charge >= 0.3 is 6.36 Å². The molecule has 2 aliphatic heterocycles. The molecule has 0 bridgehead atoms. The monoisotopic (exact) mass is 492 g/mol. The molecule has 1 saturated heterocycles. The Bertz CT molecular complexity index is 1320. The minimum atomic E-state index is -4.95. The van der Waals surface area contributed by atoms with Gasteiger partial charge in [-0.1, -0.05) is 6.07 Å². The molecule has 2 aromatic heterocycles. The molecule has 0 saturated carbocycles. The smallest absolute Gasteiger partial charge is 0.406 e.